The van der Waals surface area contributed by atoms with Crippen LogP contribution in [0, 0.1) is 0 Å². The molecule has 0 unspecified atom stereocenters. The molecule has 2 aromatic carbocycles. The molecule has 6 heteroatoms. The Kier molecular flexibility index (Phi) is 3.43. The van der Waals surface area contributed by atoms with Crippen LogP contribution in [0.1, 0.15) is 5.56 Å². The molecule has 0 aliphatic rings. The fraction of sp³-hybridized carbons (Fsp3) is 0.105. The molecular formula is C19H15F2N3O. The van der Waals surface area contributed by atoms with Gasteiger partial charge < -0.3 is 15.7 Å². The molecule has 2 heterocycles. The quantitative estimate of drug-likeness (QED) is 0.498. The van der Waals surface area contributed by atoms with Crippen molar-refractivity contribution in [2.75, 3.05) is 6.54 Å². The predicted octanol–water partition coefficient (Wildman–Crippen LogP) is 3.73. The summed E-state index contributed by atoms with van der Waals surface area (Å²) < 4.78 is 28.8. The molecule has 4 nitrogen and oxygen atoms in total. The smallest absolute Gasteiger partial charge is 0.285 e. The number of hydrogen-bond donors (Lipinski definition) is 3. The number of fused-ring (bicyclic) bond motifs is 3. The number of hydrogen-bond acceptors (Lipinski definition) is 2. The summed E-state index contributed by atoms with van der Waals surface area (Å²) in [7, 11) is 0. The minimum atomic E-state index is -3.18. The molecule has 0 saturated carbocycles. The number of pyridine rings is 1. The normalized spacial score (nSPS) is 12.1. The molecule has 126 valence electrons. The van der Waals surface area contributed by atoms with Gasteiger partial charge in [0, 0.05) is 23.7 Å². The summed E-state index contributed by atoms with van der Waals surface area (Å²) in [5.74, 6) is -3.18. The first-order chi connectivity index (χ1) is 12.0. The van der Waals surface area contributed by atoms with Crippen molar-refractivity contribution in [3.05, 3.63) is 70.8 Å². The zero-order valence-electron chi connectivity index (χ0n) is 13.1. The number of benzene rings is 2. The second kappa shape index (κ2) is 5.53. The molecule has 0 spiro atoms. The summed E-state index contributed by atoms with van der Waals surface area (Å²) in [6.07, 6.45) is 3.24. The van der Waals surface area contributed by atoms with Gasteiger partial charge in [0.05, 0.1) is 11.9 Å². The lowest BCUT2D eigenvalue weighted by molar-refractivity contribution is 0.00765. The molecule has 4 rings (SSSR count). The Hall–Kier alpha value is -2.99. The van der Waals surface area contributed by atoms with E-state index in [9.17, 15) is 13.6 Å². The second-order valence-electron chi connectivity index (χ2n) is 5.95. The summed E-state index contributed by atoms with van der Waals surface area (Å²) in [5.41, 5.74) is 6.47. The average molecular weight is 339 g/mol. The number of halogens is 2. The highest BCUT2D eigenvalue weighted by Crippen LogP contribution is 2.37. The van der Waals surface area contributed by atoms with Gasteiger partial charge in [-0.1, -0.05) is 12.1 Å². The zero-order chi connectivity index (χ0) is 17.6. The van der Waals surface area contributed by atoms with Crippen LogP contribution in [0.4, 0.5) is 8.78 Å². The van der Waals surface area contributed by atoms with Gasteiger partial charge in [0.2, 0.25) is 0 Å². The van der Waals surface area contributed by atoms with E-state index in [1.54, 1.807) is 30.5 Å². The number of nitrogens with two attached hydrogens (primary N) is 1. The molecular weight excluding hydrogens is 324 g/mol. The topological polar surface area (TPSA) is 74.7 Å². The zero-order valence-corrected chi connectivity index (χ0v) is 13.1. The van der Waals surface area contributed by atoms with Gasteiger partial charge in [-0.2, -0.15) is 8.78 Å². The van der Waals surface area contributed by atoms with Gasteiger partial charge in [-0.3, -0.25) is 4.79 Å². The molecule has 0 bridgehead atoms. The van der Waals surface area contributed by atoms with Crippen LogP contribution in [0.15, 0.2) is 59.7 Å². The first-order valence-corrected chi connectivity index (χ1v) is 7.81. The van der Waals surface area contributed by atoms with Crippen LogP contribution >= 0.6 is 0 Å². The molecule has 0 fully saturated rings. The standard InChI is InChI=1S/C19H15F2N3O/c20-19(21,10-22)15-9-12-5-7-24-18(25)17(12)14-8-11(3-4-13(14)15)16-2-1-6-23-16/h1-9,23H,10,22H2,(H,24,25). The largest absolute Gasteiger partial charge is 0.361 e. The molecule has 0 aliphatic heterocycles. The summed E-state index contributed by atoms with van der Waals surface area (Å²) in [5, 5.41) is 1.66. The second-order valence-corrected chi connectivity index (χ2v) is 5.95. The van der Waals surface area contributed by atoms with E-state index in [1.807, 2.05) is 12.1 Å². The van der Waals surface area contributed by atoms with Crippen LogP contribution < -0.4 is 11.3 Å². The highest BCUT2D eigenvalue weighted by Gasteiger charge is 2.32. The lowest BCUT2D eigenvalue weighted by Gasteiger charge is -2.18. The van der Waals surface area contributed by atoms with E-state index >= 15 is 0 Å². The lowest BCUT2D eigenvalue weighted by Crippen LogP contribution is -2.25. The Labute approximate surface area is 141 Å². The van der Waals surface area contributed by atoms with E-state index in [4.69, 9.17) is 5.73 Å². The maximum Gasteiger partial charge on any atom is 0.285 e. The Morgan fingerprint density at radius 2 is 1.84 bits per heavy atom. The highest BCUT2D eigenvalue weighted by atomic mass is 19.3. The fourth-order valence-corrected chi connectivity index (χ4v) is 3.20. The molecule has 25 heavy (non-hydrogen) atoms. The Balaban J connectivity index is 2.17. The third-order valence-electron chi connectivity index (χ3n) is 4.43. The SMILES string of the molecule is NCC(F)(F)c1cc2cc[nH]c(=O)c2c2cc(-c3ccc[nH]3)ccc12. The van der Waals surface area contributed by atoms with Gasteiger partial charge in [0.15, 0.2) is 0 Å². The van der Waals surface area contributed by atoms with Crippen molar-refractivity contribution in [1.82, 2.24) is 9.97 Å². The minimum Gasteiger partial charge on any atom is -0.361 e. The van der Waals surface area contributed by atoms with Crippen molar-refractivity contribution in [2.24, 2.45) is 5.73 Å². The van der Waals surface area contributed by atoms with Gasteiger partial charge in [0.1, 0.15) is 0 Å². The molecule has 0 radical (unpaired) electrons. The molecule has 2 aromatic heterocycles. The number of H-pyrrole nitrogens is 2. The number of rotatable bonds is 3. The van der Waals surface area contributed by atoms with Crippen LogP contribution in [0.3, 0.4) is 0 Å². The van der Waals surface area contributed by atoms with E-state index in [2.05, 4.69) is 9.97 Å². The molecule has 0 amide bonds. The summed E-state index contributed by atoms with van der Waals surface area (Å²) in [4.78, 5) is 18.0. The Morgan fingerprint density at radius 1 is 1.00 bits per heavy atom. The van der Waals surface area contributed by atoms with Crippen LogP contribution in [0.2, 0.25) is 0 Å². The number of nitrogens with one attached hydrogen (secondary N) is 2. The summed E-state index contributed by atoms with van der Waals surface area (Å²) in [6, 6.07) is 11.8. The molecule has 0 aliphatic carbocycles. The lowest BCUT2D eigenvalue weighted by atomic mass is 9.93. The van der Waals surface area contributed by atoms with Crippen LogP contribution in [-0.4, -0.2) is 16.5 Å². The van der Waals surface area contributed by atoms with E-state index in [-0.39, 0.29) is 11.1 Å². The van der Waals surface area contributed by atoms with Crippen LogP contribution in [0.5, 0.6) is 0 Å². The van der Waals surface area contributed by atoms with E-state index in [0.29, 0.717) is 21.5 Å². The van der Waals surface area contributed by atoms with Crippen LogP contribution in [0.25, 0.3) is 32.8 Å². The highest BCUT2D eigenvalue weighted by molar-refractivity contribution is 6.10. The Morgan fingerprint density at radius 3 is 2.56 bits per heavy atom. The average Bonchev–Trinajstić information content (AvgIpc) is 3.15. The fourth-order valence-electron chi connectivity index (χ4n) is 3.20. The van der Waals surface area contributed by atoms with Crippen molar-refractivity contribution >= 4 is 21.5 Å². The van der Waals surface area contributed by atoms with Crippen LogP contribution in [-0.2, 0) is 5.92 Å². The molecule has 4 N–H and O–H groups in total. The first kappa shape index (κ1) is 15.5. The monoisotopic (exact) mass is 339 g/mol. The number of aromatic nitrogens is 2. The van der Waals surface area contributed by atoms with Crippen molar-refractivity contribution < 1.29 is 8.78 Å². The van der Waals surface area contributed by atoms with Crippen molar-refractivity contribution in [3.8, 4) is 11.3 Å². The summed E-state index contributed by atoms with van der Waals surface area (Å²) in [6.45, 7) is -0.796. The van der Waals surface area contributed by atoms with E-state index in [0.717, 1.165) is 11.3 Å². The maximum atomic E-state index is 14.4. The molecule has 4 aromatic rings. The molecule has 0 atom stereocenters. The maximum absolute atomic E-state index is 14.4. The van der Waals surface area contributed by atoms with Gasteiger partial charge >= 0.3 is 0 Å². The summed E-state index contributed by atoms with van der Waals surface area (Å²) >= 11 is 0. The minimum absolute atomic E-state index is 0.166. The third kappa shape index (κ3) is 2.42. The first-order valence-electron chi connectivity index (χ1n) is 7.81. The van der Waals surface area contributed by atoms with Gasteiger partial charge in [0.25, 0.3) is 11.5 Å². The van der Waals surface area contributed by atoms with Gasteiger partial charge in [-0.05, 0) is 52.1 Å². The van der Waals surface area contributed by atoms with Crippen molar-refractivity contribution in [3.63, 3.8) is 0 Å². The van der Waals surface area contributed by atoms with E-state index in [1.165, 1.54) is 12.3 Å². The number of alkyl halides is 2. The van der Waals surface area contributed by atoms with Crippen molar-refractivity contribution in [1.29, 1.82) is 0 Å². The van der Waals surface area contributed by atoms with Gasteiger partial charge in [-0.15, -0.1) is 0 Å². The Bertz CT molecular complexity index is 1130. The number of aromatic amines is 2. The third-order valence-corrected chi connectivity index (χ3v) is 4.43. The van der Waals surface area contributed by atoms with Gasteiger partial charge in [-0.25, -0.2) is 0 Å². The molecule has 0 saturated heterocycles. The van der Waals surface area contributed by atoms with E-state index < -0.39 is 12.5 Å². The van der Waals surface area contributed by atoms with Crippen molar-refractivity contribution in [2.45, 2.75) is 5.92 Å². The predicted molar refractivity (Wildman–Crippen MR) is 94.8 cm³/mol.